The highest BCUT2D eigenvalue weighted by molar-refractivity contribution is 6.16. The Morgan fingerprint density at radius 1 is 1.04 bits per heavy atom. The van der Waals surface area contributed by atoms with Crippen molar-refractivity contribution in [1.29, 1.82) is 0 Å². The molecule has 5 rings (SSSR count). The van der Waals surface area contributed by atoms with Gasteiger partial charge in [0, 0.05) is 46.9 Å². The molecule has 0 aliphatic rings. The summed E-state index contributed by atoms with van der Waals surface area (Å²) >= 11 is 0. The van der Waals surface area contributed by atoms with Gasteiger partial charge in [0.2, 0.25) is 0 Å². The van der Waals surface area contributed by atoms with Crippen LogP contribution in [0.2, 0.25) is 0 Å². The lowest BCUT2D eigenvalue weighted by Crippen LogP contribution is -2.22. The molecule has 26 heavy (non-hydrogen) atoms. The van der Waals surface area contributed by atoms with Crippen LogP contribution in [0.15, 0.2) is 61.1 Å². The number of pyridine rings is 1. The summed E-state index contributed by atoms with van der Waals surface area (Å²) in [7, 11) is 0. The summed E-state index contributed by atoms with van der Waals surface area (Å²) < 4.78 is 0. The summed E-state index contributed by atoms with van der Waals surface area (Å²) in [6, 6.07) is 13.5. The number of fused-ring (bicyclic) bond motifs is 5. The molecule has 0 saturated carbocycles. The maximum absolute atomic E-state index is 12.5. The Morgan fingerprint density at radius 3 is 2.81 bits per heavy atom. The number of aromatic nitrogens is 4. The third-order valence-corrected chi connectivity index (χ3v) is 4.62. The van der Waals surface area contributed by atoms with Crippen LogP contribution in [0.3, 0.4) is 0 Å². The van der Waals surface area contributed by atoms with E-state index in [2.05, 4.69) is 20.5 Å². The Morgan fingerprint density at radius 2 is 1.92 bits per heavy atom. The molecule has 0 bridgehead atoms. The van der Waals surface area contributed by atoms with Gasteiger partial charge in [-0.05, 0) is 35.9 Å². The van der Waals surface area contributed by atoms with Crippen LogP contribution < -0.4 is 5.32 Å². The number of aromatic amines is 2. The highest BCUT2D eigenvalue weighted by atomic mass is 16.1. The topological polar surface area (TPSA) is 86.5 Å². The van der Waals surface area contributed by atoms with Crippen molar-refractivity contribution < 1.29 is 4.79 Å². The predicted molar refractivity (Wildman–Crippen MR) is 101 cm³/mol. The molecule has 0 saturated heterocycles. The third-order valence-electron chi connectivity index (χ3n) is 4.62. The lowest BCUT2D eigenvalue weighted by Gasteiger charge is -2.05. The van der Waals surface area contributed by atoms with Gasteiger partial charge in [-0.1, -0.05) is 12.1 Å². The van der Waals surface area contributed by atoms with Crippen molar-refractivity contribution >= 4 is 38.6 Å². The van der Waals surface area contributed by atoms with Crippen molar-refractivity contribution in [3.8, 4) is 0 Å². The van der Waals surface area contributed by atoms with E-state index in [1.807, 2.05) is 48.7 Å². The predicted octanol–water partition coefficient (Wildman–Crippen LogP) is 3.52. The molecule has 0 fully saturated rings. The molecule has 2 aromatic carbocycles. The average Bonchev–Trinajstić information content (AvgIpc) is 3.30. The number of nitrogens with zero attached hydrogens (tertiary/aromatic N) is 2. The first-order valence-electron chi connectivity index (χ1n) is 8.34. The van der Waals surface area contributed by atoms with E-state index < -0.39 is 0 Å². The average molecular weight is 341 g/mol. The summed E-state index contributed by atoms with van der Waals surface area (Å²) in [5.41, 5.74) is 4.41. The van der Waals surface area contributed by atoms with Crippen molar-refractivity contribution in [3.63, 3.8) is 0 Å². The molecule has 0 aliphatic carbocycles. The van der Waals surface area contributed by atoms with Crippen LogP contribution in [0.25, 0.3) is 32.7 Å². The normalized spacial score (nSPS) is 11.4. The molecule has 0 spiro atoms. The number of hydrogen-bond acceptors (Lipinski definition) is 3. The standard InChI is InChI=1S/C20H15N5O/c26-20(22-10-12-5-7-21-8-6-12)13-2-4-17-16(9-13)15-3-1-14-11-23-25-18(14)19(15)24-17/h1-9,11,23,25H,10H2,(H,22,26). The van der Waals surface area contributed by atoms with Gasteiger partial charge in [-0.25, -0.2) is 4.98 Å². The van der Waals surface area contributed by atoms with Gasteiger partial charge >= 0.3 is 0 Å². The van der Waals surface area contributed by atoms with E-state index in [1.54, 1.807) is 12.4 Å². The number of H-pyrrole nitrogens is 2. The minimum atomic E-state index is -0.104. The quantitative estimate of drug-likeness (QED) is 0.469. The monoisotopic (exact) mass is 341 g/mol. The minimum absolute atomic E-state index is 0.104. The minimum Gasteiger partial charge on any atom is -0.348 e. The highest BCUT2D eigenvalue weighted by Crippen LogP contribution is 2.30. The number of nitrogens with one attached hydrogen (secondary N) is 3. The summed E-state index contributed by atoms with van der Waals surface area (Å²) in [5.74, 6) is -0.104. The van der Waals surface area contributed by atoms with Crippen LogP contribution >= 0.6 is 0 Å². The summed E-state index contributed by atoms with van der Waals surface area (Å²) in [4.78, 5) is 21.2. The van der Waals surface area contributed by atoms with Crippen LogP contribution in [0.1, 0.15) is 15.9 Å². The van der Waals surface area contributed by atoms with Gasteiger partial charge in [-0.15, -0.1) is 0 Å². The Hall–Kier alpha value is -3.67. The van der Waals surface area contributed by atoms with Gasteiger partial charge in [0.15, 0.2) is 0 Å². The molecule has 6 heteroatoms. The molecule has 3 N–H and O–H groups in total. The Balaban J connectivity index is 1.52. The molecule has 5 aromatic rings. The molecule has 0 aliphatic heterocycles. The van der Waals surface area contributed by atoms with Gasteiger partial charge in [0.1, 0.15) is 0 Å². The maximum atomic E-state index is 12.5. The number of hydrogen-bond donors (Lipinski definition) is 3. The molecule has 0 atom stereocenters. The molecule has 3 aromatic heterocycles. The SMILES string of the molecule is O=C(NCc1ccncc1)c1ccc2nc3c(ccc4c[nH][nH]c43)c2c1. The van der Waals surface area contributed by atoms with E-state index in [4.69, 9.17) is 4.98 Å². The number of benzene rings is 2. The largest absolute Gasteiger partial charge is 0.348 e. The molecule has 3 heterocycles. The summed E-state index contributed by atoms with van der Waals surface area (Å²) in [6.45, 7) is 0.471. The van der Waals surface area contributed by atoms with Gasteiger partial charge in [0.05, 0.1) is 16.6 Å². The fourth-order valence-corrected chi connectivity index (χ4v) is 3.27. The number of amides is 1. The second-order valence-corrected chi connectivity index (χ2v) is 6.22. The third kappa shape index (κ3) is 2.31. The summed E-state index contributed by atoms with van der Waals surface area (Å²) in [6.07, 6.45) is 5.34. The Bertz CT molecular complexity index is 1250. The van der Waals surface area contributed by atoms with Crippen molar-refractivity contribution in [3.05, 3.63) is 72.2 Å². The number of carbonyl (C=O) groups excluding carboxylic acids is 1. The summed E-state index contributed by atoms with van der Waals surface area (Å²) in [5, 5.41) is 12.2. The van der Waals surface area contributed by atoms with E-state index in [0.29, 0.717) is 12.1 Å². The van der Waals surface area contributed by atoms with Crippen LogP contribution in [0, 0.1) is 0 Å². The van der Waals surface area contributed by atoms with Gasteiger partial charge in [0.25, 0.3) is 5.91 Å². The Labute approximate surface area is 148 Å². The Kier molecular flexibility index (Phi) is 3.21. The molecule has 0 radical (unpaired) electrons. The molecule has 126 valence electrons. The number of carbonyl (C=O) groups is 1. The zero-order valence-corrected chi connectivity index (χ0v) is 13.8. The lowest BCUT2D eigenvalue weighted by atomic mass is 10.1. The first kappa shape index (κ1) is 14.7. The van der Waals surface area contributed by atoms with Crippen LogP contribution in [0.4, 0.5) is 0 Å². The van der Waals surface area contributed by atoms with Crippen molar-refractivity contribution in [1.82, 2.24) is 25.5 Å². The van der Waals surface area contributed by atoms with Crippen LogP contribution in [0.5, 0.6) is 0 Å². The zero-order chi connectivity index (χ0) is 17.5. The molecular formula is C20H15N5O. The van der Waals surface area contributed by atoms with E-state index in [-0.39, 0.29) is 5.91 Å². The first-order chi connectivity index (χ1) is 12.8. The van der Waals surface area contributed by atoms with E-state index in [0.717, 1.165) is 38.3 Å². The second kappa shape index (κ2) is 5.70. The van der Waals surface area contributed by atoms with Crippen molar-refractivity contribution in [2.75, 3.05) is 0 Å². The van der Waals surface area contributed by atoms with Crippen molar-refractivity contribution in [2.45, 2.75) is 6.54 Å². The fourth-order valence-electron chi connectivity index (χ4n) is 3.27. The fraction of sp³-hybridized carbons (Fsp3) is 0.0500. The zero-order valence-electron chi connectivity index (χ0n) is 13.8. The van der Waals surface area contributed by atoms with Crippen LogP contribution in [-0.2, 0) is 6.54 Å². The van der Waals surface area contributed by atoms with Gasteiger partial charge in [-0.3, -0.25) is 14.9 Å². The highest BCUT2D eigenvalue weighted by Gasteiger charge is 2.13. The second-order valence-electron chi connectivity index (χ2n) is 6.22. The molecule has 1 amide bonds. The lowest BCUT2D eigenvalue weighted by molar-refractivity contribution is 0.0951. The van der Waals surface area contributed by atoms with E-state index in [1.165, 1.54) is 0 Å². The van der Waals surface area contributed by atoms with Crippen LogP contribution in [-0.4, -0.2) is 26.1 Å². The molecular weight excluding hydrogens is 326 g/mol. The number of rotatable bonds is 3. The first-order valence-corrected chi connectivity index (χ1v) is 8.34. The van der Waals surface area contributed by atoms with Gasteiger partial charge < -0.3 is 10.4 Å². The van der Waals surface area contributed by atoms with E-state index >= 15 is 0 Å². The molecule has 0 unspecified atom stereocenters. The smallest absolute Gasteiger partial charge is 0.251 e. The van der Waals surface area contributed by atoms with Gasteiger partial charge in [-0.2, -0.15) is 0 Å². The van der Waals surface area contributed by atoms with Crippen molar-refractivity contribution in [2.24, 2.45) is 0 Å². The molecule has 6 nitrogen and oxygen atoms in total. The van der Waals surface area contributed by atoms with E-state index in [9.17, 15) is 4.79 Å². The maximum Gasteiger partial charge on any atom is 0.251 e.